The van der Waals surface area contributed by atoms with Crippen LogP contribution in [0.3, 0.4) is 0 Å². The van der Waals surface area contributed by atoms with E-state index in [1.54, 1.807) is 13.1 Å². The van der Waals surface area contributed by atoms with E-state index in [-0.39, 0.29) is 5.97 Å². The normalized spacial score (nSPS) is 25.7. The molecule has 20 heavy (non-hydrogen) atoms. The Morgan fingerprint density at radius 1 is 1.55 bits per heavy atom. The summed E-state index contributed by atoms with van der Waals surface area (Å²) in [7, 11) is 0. The first kappa shape index (κ1) is 13.5. The second-order valence-electron chi connectivity index (χ2n) is 5.67. The van der Waals surface area contributed by atoms with Crippen LogP contribution in [0.1, 0.15) is 67.3 Å². The molecule has 1 unspecified atom stereocenters. The van der Waals surface area contributed by atoms with Crippen LogP contribution >= 0.6 is 0 Å². The smallest absolute Gasteiger partial charge is 0.341 e. The summed E-state index contributed by atoms with van der Waals surface area (Å²) in [6.07, 6.45) is 5.73. The Hall–Kier alpha value is -1.49. The lowest BCUT2D eigenvalue weighted by Gasteiger charge is -2.22. The summed E-state index contributed by atoms with van der Waals surface area (Å²) >= 11 is 0. The van der Waals surface area contributed by atoms with E-state index in [0.29, 0.717) is 23.9 Å². The molecule has 108 valence electrons. The highest BCUT2D eigenvalue weighted by molar-refractivity contribution is 5.90. The number of rotatable bonds is 4. The van der Waals surface area contributed by atoms with Gasteiger partial charge >= 0.3 is 5.97 Å². The molecule has 0 radical (unpaired) electrons. The third kappa shape index (κ3) is 2.42. The van der Waals surface area contributed by atoms with Gasteiger partial charge in [-0.15, -0.1) is 0 Å². The van der Waals surface area contributed by atoms with Crippen molar-refractivity contribution in [2.75, 3.05) is 13.2 Å². The van der Waals surface area contributed by atoms with Crippen molar-refractivity contribution >= 4 is 5.97 Å². The van der Waals surface area contributed by atoms with Gasteiger partial charge in [-0.25, -0.2) is 14.8 Å². The minimum atomic E-state index is -0.406. The second kappa shape index (κ2) is 5.13. The SMILES string of the molecule is CCOC(=O)c1cnc(C2(C)CCCO2)nc1C1CC1. The van der Waals surface area contributed by atoms with Crippen LogP contribution in [0.4, 0.5) is 0 Å². The molecule has 2 aliphatic rings. The van der Waals surface area contributed by atoms with Crippen molar-refractivity contribution in [3.8, 4) is 0 Å². The maximum atomic E-state index is 12.0. The van der Waals surface area contributed by atoms with Crippen LogP contribution < -0.4 is 0 Å². The van der Waals surface area contributed by atoms with Crippen LogP contribution in [0.15, 0.2) is 6.20 Å². The van der Waals surface area contributed by atoms with Crippen molar-refractivity contribution in [1.29, 1.82) is 0 Å². The van der Waals surface area contributed by atoms with Gasteiger partial charge in [0.1, 0.15) is 5.60 Å². The molecule has 1 saturated heterocycles. The molecule has 5 heteroatoms. The summed E-state index contributed by atoms with van der Waals surface area (Å²) in [5, 5.41) is 0. The van der Waals surface area contributed by atoms with Crippen molar-refractivity contribution in [2.24, 2.45) is 0 Å². The summed E-state index contributed by atoms with van der Waals surface area (Å²) in [5.41, 5.74) is 0.946. The fourth-order valence-electron chi connectivity index (χ4n) is 2.64. The maximum absolute atomic E-state index is 12.0. The molecule has 1 aliphatic carbocycles. The molecule has 0 N–H and O–H groups in total. The van der Waals surface area contributed by atoms with Crippen LogP contribution in [0.2, 0.25) is 0 Å². The van der Waals surface area contributed by atoms with Gasteiger partial charge in [-0.2, -0.15) is 0 Å². The predicted octanol–water partition coefficient (Wildman–Crippen LogP) is 2.56. The Balaban J connectivity index is 1.95. The molecule has 0 spiro atoms. The first-order valence-electron chi connectivity index (χ1n) is 7.32. The molecular formula is C15H20N2O3. The molecule has 0 amide bonds. The van der Waals surface area contributed by atoms with E-state index in [9.17, 15) is 4.79 Å². The summed E-state index contributed by atoms with van der Waals surface area (Å²) in [5.74, 6) is 0.754. The summed E-state index contributed by atoms with van der Waals surface area (Å²) in [6, 6.07) is 0. The Kier molecular flexibility index (Phi) is 3.46. The molecule has 1 saturated carbocycles. The highest BCUT2D eigenvalue weighted by Gasteiger charge is 2.37. The van der Waals surface area contributed by atoms with E-state index in [4.69, 9.17) is 9.47 Å². The van der Waals surface area contributed by atoms with Gasteiger partial charge in [0.2, 0.25) is 0 Å². The Labute approximate surface area is 118 Å². The van der Waals surface area contributed by atoms with Crippen molar-refractivity contribution in [3.05, 3.63) is 23.3 Å². The molecule has 1 atom stereocenters. The van der Waals surface area contributed by atoms with E-state index < -0.39 is 5.60 Å². The van der Waals surface area contributed by atoms with Crippen LogP contribution in [0, 0.1) is 0 Å². The third-order valence-corrected chi connectivity index (χ3v) is 3.97. The van der Waals surface area contributed by atoms with Crippen molar-refractivity contribution in [2.45, 2.75) is 51.0 Å². The highest BCUT2D eigenvalue weighted by atomic mass is 16.5. The van der Waals surface area contributed by atoms with Crippen molar-refractivity contribution in [1.82, 2.24) is 9.97 Å². The summed E-state index contributed by atoms with van der Waals surface area (Å²) < 4.78 is 10.9. The number of carbonyl (C=O) groups excluding carboxylic acids is 1. The summed E-state index contributed by atoms with van der Waals surface area (Å²) in [6.45, 7) is 4.94. The third-order valence-electron chi connectivity index (χ3n) is 3.97. The predicted molar refractivity (Wildman–Crippen MR) is 72.5 cm³/mol. The quantitative estimate of drug-likeness (QED) is 0.791. The van der Waals surface area contributed by atoms with Gasteiger partial charge in [-0.3, -0.25) is 0 Å². The molecule has 2 heterocycles. The Bertz CT molecular complexity index is 520. The van der Waals surface area contributed by atoms with E-state index in [0.717, 1.165) is 38.0 Å². The summed E-state index contributed by atoms with van der Waals surface area (Å²) in [4.78, 5) is 21.0. The molecule has 2 fully saturated rings. The van der Waals surface area contributed by atoms with E-state index >= 15 is 0 Å². The van der Waals surface area contributed by atoms with Gasteiger partial charge in [-0.05, 0) is 39.5 Å². The molecule has 3 rings (SSSR count). The molecular weight excluding hydrogens is 256 g/mol. The van der Waals surface area contributed by atoms with Crippen LogP contribution in [-0.2, 0) is 15.1 Å². The first-order chi connectivity index (χ1) is 9.64. The van der Waals surface area contributed by atoms with Crippen LogP contribution in [-0.4, -0.2) is 29.2 Å². The largest absolute Gasteiger partial charge is 0.462 e. The fraction of sp³-hybridized carbons (Fsp3) is 0.667. The van der Waals surface area contributed by atoms with E-state index in [1.807, 2.05) is 6.92 Å². The van der Waals surface area contributed by atoms with Gasteiger partial charge in [0, 0.05) is 18.7 Å². The standard InChI is InChI=1S/C15H20N2O3/c1-3-19-13(18)11-9-16-14(15(2)7-4-8-20-15)17-12(11)10-5-6-10/h9-10H,3-8H2,1-2H3. The number of ether oxygens (including phenoxy) is 2. The van der Waals surface area contributed by atoms with Gasteiger partial charge in [0.05, 0.1) is 17.9 Å². The maximum Gasteiger partial charge on any atom is 0.341 e. The first-order valence-corrected chi connectivity index (χ1v) is 7.32. The Morgan fingerprint density at radius 2 is 2.35 bits per heavy atom. The zero-order chi connectivity index (χ0) is 14.2. The number of hydrogen-bond acceptors (Lipinski definition) is 5. The fourth-order valence-corrected chi connectivity index (χ4v) is 2.64. The van der Waals surface area contributed by atoms with Gasteiger partial charge in [0.15, 0.2) is 5.82 Å². The minimum absolute atomic E-state index is 0.321. The van der Waals surface area contributed by atoms with E-state index in [2.05, 4.69) is 9.97 Å². The van der Waals surface area contributed by atoms with Gasteiger partial charge < -0.3 is 9.47 Å². The van der Waals surface area contributed by atoms with Gasteiger partial charge in [-0.1, -0.05) is 0 Å². The minimum Gasteiger partial charge on any atom is -0.462 e. The lowest BCUT2D eigenvalue weighted by atomic mass is 10.0. The lowest BCUT2D eigenvalue weighted by Crippen LogP contribution is -2.25. The van der Waals surface area contributed by atoms with Crippen LogP contribution in [0.5, 0.6) is 0 Å². The average Bonchev–Trinajstić information content (AvgIpc) is 3.20. The average molecular weight is 276 g/mol. The topological polar surface area (TPSA) is 61.3 Å². The molecule has 1 aliphatic heterocycles. The zero-order valence-electron chi connectivity index (χ0n) is 12.0. The molecule has 1 aromatic rings. The second-order valence-corrected chi connectivity index (χ2v) is 5.67. The monoisotopic (exact) mass is 276 g/mol. The number of hydrogen-bond donors (Lipinski definition) is 0. The lowest BCUT2D eigenvalue weighted by molar-refractivity contribution is 0.00898. The number of nitrogens with zero attached hydrogens (tertiary/aromatic N) is 2. The zero-order valence-corrected chi connectivity index (χ0v) is 12.0. The van der Waals surface area contributed by atoms with Gasteiger partial charge in [0.25, 0.3) is 0 Å². The van der Waals surface area contributed by atoms with E-state index in [1.165, 1.54) is 0 Å². The highest BCUT2D eigenvalue weighted by Crippen LogP contribution is 2.42. The molecule has 0 bridgehead atoms. The molecule has 0 aromatic carbocycles. The molecule has 5 nitrogen and oxygen atoms in total. The Morgan fingerprint density at radius 3 is 2.95 bits per heavy atom. The van der Waals surface area contributed by atoms with Crippen molar-refractivity contribution in [3.63, 3.8) is 0 Å². The number of aromatic nitrogens is 2. The van der Waals surface area contributed by atoms with Crippen molar-refractivity contribution < 1.29 is 14.3 Å². The number of carbonyl (C=O) groups is 1. The number of esters is 1. The van der Waals surface area contributed by atoms with Crippen LogP contribution in [0.25, 0.3) is 0 Å². The molecule has 1 aromatic heterocycles.